The number of hydrazone groups is 1. The molecule has 1 amide bonds. The fraction of sp³-hybridized carbons (Fsp3) is 0.250. The summed E-state index contributed by atoms with van der Waals surface area (Å²) in [5.41, 5.74) is 1.41. The molecule has 0 radical (unpaired) electrons. The summed E-state index contributed by atoms with van der Waals surface area (Å²) in [5.74, 6) is -0.890. The molecule has 1 atom stereocenters. The zero-order chi connectivity index (χ0) is 21.0. The average Bonchev–Trinajstić information content (AvgIpc) is 3.17. The Morgan fingerprint density at radius 3 is 2.52 bits per heavy atom. The summed E-state index contributed by atoms with van der Waals surface area (Å²) in [6.45, 7) is 0. The fourth-order valence-electron chi connectivity index (χ4n) is 3.19. The van der Waals surface area contributed by atoms with E-state index < -0.39 is 22.8 Å². The first-order valence-electron chi connectivity index (χ1n) is 8.89. The molecule has 1 aliphatic rings. The Morgan fingerprint density at radius 1 is 1.21 bits per heavy atom. The lowest BCUT2D eigenvalue weighted by Crippen LogP contribution is -2.27. The number of benzene rings is 2. The minimum atomic E-state index is -1.08. The molecule has 1 aliphatic heterocycles. The van der Waals surface area contributed by atoms with Gasteiger partial charge in [0.25, 0.3) is 5.69 Å². The summed E-state index contributed by atoms with van der Waals surface area (Å²) in [6.07, 6.45) is -0.257. The van der Waals surface area contributed by atoms with Crippen LogP contribution in [0.2, 0.25) is 0 Å². The van der Waals surface area contributed by atoms with Crippen LogP contribution in [0, 0.1) is 10.1 Å². The van der Waals surface area contributed by atoms with Crippen LogP contribution in [-0.4, -0.2) is 39.7 Å². The Bertz CT molecular complexity index is 970. The number of nitrogens with zero attached hydrogens (tertiary/aromatic N) is 3. The Kier molecular flexibility index (Phi) is 5.87. The third-order valence-electron chi connectivity index (χ3n) is 4.63. The van der Waals surface area contributed by atoms with Gasteiger partial charge in [0.2, 0.25) is 5.91 Å². The smallest absolute Gasteiger partial charge is 0.303 e. The van der Waals surface area contributed by atoms with Crippen LogP contribution in [-0.2, 0) is 9.59 Å². The van der Waals surface area contributed by atoms with Crippen LogP contribution in [0.15, 0.2) is 53.6 Å². The second kappa shape index (κ2) is 8.51. The first-order valence-corrected chi connectivity index (χ1v) is 8.89. The van der Waals surface area contributed by atoms with Crippen molar-refractivity contribution in [2.24, 2.45) is 5.10 Å². The van der Waals surface area contributed by atoms with E-state index in [1.54, 1.807) is 49.6 Å². The monoisotopic (exact) mass is 397 g/mol. The summed E-state index contributed by atoms with van der Waals surface area (Å²) in [5, 5.41) is 25.8. The molecule has 2 aromatic rings. The highest BCUT2D eigenvalue weighted by molar-refractivity contribution is 6.06. The van der Waals surface area contributed by atoms with E-state index in [0.717, 1.165) is 5.56 Å². The van der Waals surface area contributed by atoms with E-state index in [2.05, 4.69) is 5.10 Å². The van der Waals surface area contributed by atoms with Crippen LogP contribution in [0.4, 0.5) is 5.69 Å². The van der Waals surface area contributed by atoms with Gasteiger partial charge in [-0.2, -0.15) is 5.10 Å². The molecule has 9 heteroatoms. The minimum Gasteiger partial charge on any atom is -0.497 e. The highest BCUT2D eigenvalue weighted by Crippen LogP contribution is 2.36. The molecule has 0 spiro atoms. The molecule has 2 aromatic carbocycles. The number of carboxylic acid groups (broad SMARTS) is 1. The molecular weight excluding hydrogens is 378 g/mol. The molecule has 0 aromatic heterocycles. The van der Waals surface area contributed by atoms with Gasteiger partial charge in [0.15, 0.2) is 0 Å². The zero-order valence-electron chi connectivity index (χ0n) is 15.6. The van der Waals surface area contributed by atoms with Gasteiger partial charge in [0.05, 0.1) is 35.8 Å². The molecule has 0 saturated carbocycles. The van der Waals surface area contributed by atoms with Crippen LogP contribution in [0.5, 0.6) is 5.75 Å². The first-order chi connectivity index (χ1) is 13.9. The lowest BCUT2D eigenvalue weighted by molar-refractivity contribution is -0.385. The summed E-state index contributed by atoms with van der Waals surface area (Å²) in [4.78, 5) is 34.4. The molecule has 0 unspecified atom stereocenters. The lowest BCUT2D eigenvalue weighted by atomic mass is 9.97. The van der Waals surface area contributed by atoms with Crippen LogP contribution >= 0.6 is 0 Å². The van der Waals surface area contributed by atoms with E-state index in [1.807, 2.05) is 0 Å². The van der Waals surface area contributed by atoms with Gasteiger partial charge in [-0.15, -0.1) is 0 Å². The quantitative estimate of drug-likeness (QED) is 0.566. The summed E-state index contributed by atoms with van der Waals surface area (Å²) in [7, 11) is 1.54. The van der Waals surface area contributed by atoms with Gasteiger partial charge in [-0.1, -0.05) is 24.3 Å². The van der Waals surface area contributed by atoms with Crippen molar-refractivity contribution >= 4 is 23.3 Å². The Hall–Kier alpha value is -3.75. The Labute approximate surface area is 166 Å². The second-order valence-electron chi connectivity index (χ2n) is 6.45. The van der Waals surface area contributed by atoms with Gasteiger partial charge < -0.3 is 9.84 Å². The van der Waals surface area contributed by atoms with E-state index in [-0.39, 0.29) is 24.9 Å². The maximum atomic E-state index is 12.6. The van der Waals surface area contributed by atoms with Gasteiger partial charge in [0.1, 0.15) is 5.75 Å². The number of rotatable bonds is 7. The van der Waals surface area contributed by atoms with Crippen molar-refractivity contribution in [3.05, 3.63) is 69.8 Å². The number of carboxylic acids is 1. The van der Waals surface area contributed by atoms with E-state index in [0.29, 0.717) is 17.0 Å². The number of carbonyl (C=O) groups is 2. The average molecular weight is 397 g/mol. The number of amides is 1. The number of aliphatic carboxylic acids is 1. The maximum Gasteiger partial charge on any atom is 0.303 e. The van der Waals surface area contributed by atoms with Crippen molar-refractivity contribution in [2.75, 3.05) is 7.11 Å². The van der Waals surface area contributed by atoms with Crippen LogP contribution < -0.4 is 4.74 Å². The standard InChI is InChI=1S/C20H19N3O6/c1-29-14-8-6-13(7-9-14)18-12-16(15-4-2-3-5-17(15)23(27)28)21-22(18)19(24)10-11-20(25)26/h2-9,18H,10-12H2,1H3,(H,25,26)/t18-/m1/s1. The van der Waals surface area contributed by atoms with E-state index in [1.165, 1.54) is 11.1 Å². The van der Waals surface area contributed by atoms with Crippen molar-refractivity contribution in [2.45, 2.75) is 25.3 Å². The van der Waals surface area contributed by atoms with Crippen molar-refractivity contribution in [1.82, 2.24) is 5.01 Å². The molecule has 0 fully saturated rings. The van der Waals surface area contributed by atoms with Gasteiger partial charge in [-0.25, -0.2) is 5.01 Å². The van der Waals surface area contributed by atoms with Crippen LogP contribution in [0.25, 0.3) is 0 Å². The summed E-state index contributed by atoms with van der Waals surface area (Å²) < 4.78 is 5.15. The topological polar surface area (TPSA) is 122 Å². The SMILES string of the molecule is COc1ccc([C@H]2CC(c3ccccc3[N+](=O)[O-])=NN2C(=O)CCC(=O)O)cc1. The normalized spacial score (nSPS) is 15.7. The van der Waals surface area contributed by atoms with Crippen LogP contribution in [0.3, 0.4) is 0 Å². The van der Waals surface area contributed by atoms with Gasteiger partial charge in [-0.3, -0.25) is 19.7 Å². The molecule has 29 heavy (non-hydrogen) atoms. The second-order valence-corrected chi connectivity index (χ2v) is 6.45. The number of methoxy groups -OCH3 is 1. The predicted molar refractivity (Wildman–Crippen MR) is 104 cm³/mol. The minimum absolute atomic E-state index is 0.0976. The maximum absolute atomic E-state index is 12.6. The van der Waals surface area contributed by atoms with Crippen molar-refractivity contribution in [3.63, 3.8) is 0 Å². The van der Waals surface area contributed by atoms with Crippen molar-refractivity contribution < 1.29 is 24.4 Å². The molecule has 0 saturated heterocycles. The molecule has 3 rings (SSSR count). The predicted octanol–water partition coefficient (Wildman–Crippen LogP) is 3.15. The number of carbonyl (C=O) groups excluding carboxylic acids is 1. The fourth-order valence-corrected chi connectivity index (χ4v) is 3.19. The third kappa shape index (κ3) is 4.40. The molecule has 1 heterocycles. The van der Waals surface area contributed by atoms with E-state index in [4.69, 9.17) is 9.84 Å². The summed E-state index contributed by atoms with van der Waals surface area (Å²) >= 11 is 0. The largest absolute Gasteiger partial charge is 0.497 e. The highest BCUT2D eigenvalue weighted by atomic mass is 16.6. The lowest BCUT2D eigenvalue weighted by Gasteiger charge is -2.22. The van der Waals surface area contributed by atoms with E-state index in [9.17, 15) is 19.7 Å². The number of nitro groups is 1. The van der Waals surface area contributed by atoms with Gasteiger partial charge >= 0.3 is 5.97 Å². The summed E-state index contributed by atoms with van der Waals surface area (Å²) in [6, 6.07) is 12.8. The number of hydrogen-bond acceptors (Lipinski definition) is 6. The molecular formula is C20H19N3O6. The Morgan fingerprint density at radius 2 is 1.90 bits per heavy atom. The first kappa shape index (κ1) is 20.0. The molecule has 1 N–H and O–H groups in total. The van der Waals surface area contributed by atoms with Gasteiger partial charge in [0, 0.05) is 18.9 Å². The zero-order valence-corrected chi connectivity index (χ0v) is 15.6. The molecule has 0 bridgehead atoms. The Balaban J connectivity index is 1.97. The van der Waals surface area contributed by atoms with Gasteiger partial charge in [-0.05, 0) is 23.8 Å². The molecule has 0 aliphatic carbocycles. The number of hydrogen-bond donors (Lipinski definition) is 1. The third-order valence-corrected chi connectivity index (χ3v) is 4.63. The van der Waals surface area contributed by atoms with Crippen molar-refractivity contribution in [3.8, 4) is 5.75 Å². The van der Waals surface area contributed by atoms with Crippen LogP contribution in [0.1, 0.15) is 36.4 Å². The molecule has 9 nitrogen and oxygen atoms in total. The number of nitro benzene ring substituents is 1. The van der Waals surface area contributed by atoms with E-state index >= 15 is 0 Å². The number of ether oxygens (including phenoxy) is 1. The van der Waals surface area contributed by atoms with Crippen molar-refractivity contribution in [1.29, 1.82) is 0 Å². The number of para-hydroxylation sites is 1. The molecule has 150 valence electrons. The highest BCUT2D eigenvalue weighted by Gasteiger charge is 2.35.